The molecule has 0 radical (unpaired) electrons. The van der Waals surface area contributed by atoms with E-state index in [1.165, 1.54) is 28.2 Å². The van der Waals surface area contributed by atoms with Crippen molar-refractivity contribution in [2.45, 2.75) is 26.1 Å². The molecule has 27 heavy (non-hydrogen) atoms. The molecule has 0 saturated heterocycles. The van der Waals surface area contributed by atoms with Gasteiger partial charge in [0.2, 0.25) is 5.91 Å². The van der Waals surface area contributed by atoms with Crippen molar-refractivity contribution in [2.24, 2.45) is 7.05 Å². The van der Waals surface area contributed by atoms with Gasteiger partial charge in [-0.25, -0.2) is 4.79 Å². The number of benzene rings is 2. The number of aryl methyl sites for hydroxylation is 3. The first-order chi connectivity index (χ1) is 12.7. The Balaban J connectivity index is 1.75. The van der Waals surface area contributed by atoms with E-state index in [1.54, 1.807) is 25.2 Å². The van der Waals surface area contributed by atoms with E-state index >= 15 is 0 Å². The third kappa shape index (κ3) is 3.74. The van der Waals surface area contributed by atoms with E-state index in [0.717, 1.165) is 11.6 Å². The summed E-state index contributed by atoms with van der Waals surface area (Å²) in [7, 11) is 1.65. The number of fused-ring (bicyclic) bond motifs is 1. The number of hydrogen-bond acceptors (Lipinski definition) is 2. The minimum atomic E-state index is -4.49. The lowest BCUT2D eigenvalue weighted by atomic mass is 10.1. The Hall–Kier alpha value is -3.03. The van der Waals surface area contributed by atoms with Gasteiger partial charge in [-0.15, -0.1) is 0 Å². The van der Waals surface area contributed by atoms with Gasteiger partial charge in [0.15, 0.2) is 0 Å². The summed E-state index contributed by atoms with van der Waals surface area (Å²) in [6.45, 7) is 1.49. The summed E-state index contributed by atoms with van der Waals surface area (Å²) in [6.07, 6.45) is -4.52. The fourth-order valence-corrected chi connectivity index (χ4v) is 3.02. The van der Waals surface area contributed by atoms with Crippen LogP contribution < -0.4 is 11.0 Å². The molecular weight excluding hydrogens is 359 g/mol. The normalized spacial score (nSPS) is 11.7. The lowest BCUT2D eigenvalue weighted by Gasteiger charge is -2.13. The van der Waals surface area contributed by atoms with Crippen LogP contribution in [0.1, 0.15) is 17.5 Å². The van der Waals surface area contributed by atoms with Crippen LogP contribution in [0.15, 0.2) is 47.3 Å². The molecule has 1 heterocycles. The van der Waals surface area contributed by atoms with Gasteiger partial charge >= 0.3 is 11.9 Å². The highest BCUT2D eigenvalue weighted by molar-refractivity contribution is 5.91. The second kappa shape index (κ2) is 6.94. The largest absolute Gasteiger partial charge is 0.416 e. The van der Waals surface area contributed by atoms with E-state index in [0.29, 0.717) is 5.52 Å². The van der Waals surface area contributed by atoms with E-state index in [-0.39, 0.29) is 29.9 Å². The number of halogens is 3. The molecule has 3 aromatic rings. The molecule has 0 unspecified atom stereocenters. The summed E-state index contributed by atoms with van der Waals surface area (Å²) in [5, 5.41) is 2.47. The Morgan fingerprint density at radius 3 is 2.44 bits per heavy atom. The molecular formula is C19H18F3N3O2. The van der Waals surface area contributed by atoms with E-state index < -0.39 is 17.6 Å². The molecule has 0 saturated carbocycles. The molecule has 142 valence electrons. The fraction of sp³-hybridized carbons (Fsp3) is 0.263. The molecule has 8 heteroatoms. The zero-order valence-corrected chi connectivity index (χ0v) is 14.8. The third-order valence-corrected chi connectivity index (χ3v) is 4.44. The topological polar surface area (TPSA) is 56.0 Å². The summed E-state index contributed by atoms with van der Waals surface area (Å²) < 4.78 is 41.9. The molecule has 0 spiro atoms. The predicted molar refractivity (Wildman–Crippen MR) is 96.6 cm³/mol. The van der Waals surface area contributed by atoms with Crippen LogP contribution in [0.4, 0.5) is 18.9 Å². The number of carbonyl (C=O) groups is 1. The SMILES string of the molecule is Cc1ccc(NC(=O)CCn2c(=O)n(C)c3ccccc32)cc1C(F)(F)F. The number of amides is 1. The van der Waals surface area contributed by atoms with Crippen molar-refractivity contribution in [3.8, 4) is 0 Å². The first-order valence-corrected chi connectivity index (χ1v) is 8.30. The van der Waals surface area contributed by atoms with E-state index in [1.807, 2.05) is 6.07 Å². The lowest BCUT2D eigenvalue weighted by Crippen LogP contribution is -2.24. The second-order valence-electron chi connectivity index (χ2n) is 6.31. The molecule has 0 fully saturated rings. The Morgan fingerprint density at radius 1 is 1.11 bits per heavy atom. The summed E-state index contributed by atoms with van der Waals surface area (Å²) >= 11 is 0. The van der Waals surface area contributed by atoms with Crippen LogP contribution in [0.25, 0.3) is 11.0 Å². The summed E-state index contributed by atoms with van der Waals surface area (Å²) in [5.74, 6) is -0.466. The van der Waals surface area contributed by atoms with E-state index in [2.05, 4.69) is 5.32 Å². The van der Waals surface area contributed by atoms with Crippen molar-refractivity contribution in [1.29, 1.82) is 0 Å². The zero-order valence-electron chi connectivity index (χ0n) is 14.8. The maximum atomic E-state index is 13.0. The molecule has 0 aliphatic heterocycles. The van der Waals surface area contributed by atoms with Crippen LogP contribution in [0.2, 0.25) is 0 Å². The summed E-state index contributed by atoms with van der Waals surface area (Å²) in [4.78, 5) is 24.5. The number of alkyl halides is 3. The first-order valence-electron chi connectivity index (χ1n) is 8.30. The molecule has 0 aliphatic carbocycles. The Kier molecular flexibility index (Phi) is 4.82. The standard InChI is InChI=1S/C19H18F3N3O2/c1-12-7-8-13(11-14(12)19(20,21)22)23-17(26)9-10-25-16-6-4-3-5-15(16)24(2)18(25)27/h3-8,11H,9-10H2,1-2H3,(H,23,26). The zero-order chi connectivity index (χ0) is 19.8. The number of nitrogens with zero attached hydrogens (tertiary/aromatic N) is 2. The van der Waals surface area contributed by atoms with E-state index in [9.17, 15) is 22.8 Å². The van der Waals surface area contributed by atoms with Crippen molar-refractivity contribution >= 4 is 22.6 Å². The van der Waals surface area contributed by atoms with Crippen LogP contribution in [0.3, 0.4) is 0 Å². The van der Waals surface area contributed by atoms with Gasteiger partial charge in [0.25, 0.3) is 0 Å². The predicted octanol–water partition coefficient (Wildman–Crippen LogP) is 3.70. The van der Waals surface area contributed by atoms with Crippen LogP contribution in [-0.4, -0.2) is 15.0 Å². The molecule has 1 aromatic heterocycles. The number of nitrogens with one attached hydrogen (secondary N) is 1. The number of hydrogen-bond donors (Lipinski definition) is 1. The quantitative estimate of drug-likeness (QED) is 0.754. The van der Waals surface area contributed by atoms with Gasteiger partial charge in [0.05, 0.1) is 16.6 Å². The summed E-state index contributed by atoms with van der Waals surface area (Å²) in [5.41, 5.74) is 0.569. The van der Waals surface area contributed by atoms with Crippen LogP contribution in [0.5, 0.6) is 0 Å². The van der Waals surface area contributed by atoms with Gasteiger partial charge in [-0.05, 0) is 36.8 Å². The van der Waals surface area contributed by atoms with E-state index in [4.69, 9.17) is 0 Å². The Bertz CT molecular complexity index is 1060. The smallest absolute Gasteiger partial charge is 0.326 e. The maximum Gasteiger partial charge on any atom is 0.416 e. The molecule has 2 aromatic carbocycles. The van der Waals surface area contributed by atoms with Gasteiger partial charge in [-0.1, -0.05) is 18.2 Å². The average Bonchev–Trinajstić information content (AvgIpc) is 2.85. The number of aromatic nitrogens is 2. The molecule has 1 N–H and O–H groups in total. The molecule has 5 nitrogen and oxygen atoms in total. The maximum absolute atomic E-state index is 13.0. The molecule has 0 atom stereocenters. The van der Waals surface area contributed by atoms with Gasteiger partial charge in [0.1, 0.15) is 0 Å². The monoisotopic (exact) mass is 377 g/mol. The minimum Gasteiger partial charge on any atom is -0.326 e. The Labute approximate surface area is 153 Å². The van der Waals surface area contributed by atoms with Crippen molar-refractivity contribution in [2.75, 3.05) is 5.32 Å². The van der Waals surface area contributed by atoms with Crippen LogP contribution in [0, 0.1) is 6.92 Å². The highest BCUT2D eigenvalue weighted by Gasteiger charge is 2.32. The van der Waals surface area contributed by atoms with Crippen LogP contribution in [-0.2, 0) is 24.6 Å². The van der Waals surface area contributed by atoms with Gasteiger partial charge < -0.3 is 5.32 Å². The number of rotatable bonds is 4. The second-order valence-corrected chi connectivity index (χ2v) is 6.31. The van der Waals surface area contributed by atoms with Crippen molar-refractivity contribution in [3.05, 3.63) is 64.1 Å². The van der Waals surface area contributed by atoms with Gasteiger partial charge in [0, 0.05) is 25.7 Å². The average molecular weight is 377 g/mol. The number of para-hydroxylation sites is 2. The molecule has 0 bridgehead atoms. The van der Waals surface area contributed by atoms with Gasteiger partial charge in [-0.3, -0.25) is 13.9 Å². The van der Waals surface area contributed by atoms with Gasteiger partial charge in [-0.2, -0.15) is 13.2 Å². The number of imidazole rings is 1. The lowest BCUT2D eigenvalue weighted by molar-refractivity contribution is -0.138. The molecule has 1 amide bonds. The Morgan fingerprint density at radius 2 is 1.78 bits per heavy atom. The van der Waals surface area contributed by atoms with Crippen molar-refractivity contribution in [1.82, 2.24) is 9.13 Å². The fourth-order valence-electron chi connectivity index (χ4n) is 3.02. The third-order valence-electron chi connectivity index (χ3n) is 4.44. The minimum absolute atomic E-state index is 0.0385. The van der Waals surface area contributed by atoms with Crippen molar-refractivity contribution < 1.29 is 18.0 Å². The highest BCUT2D eigenvalue weighted by Crippen LogP contribution is 2.33. The summed E-state index contributed by atoms with van der Waals surface area (Å²) in [6, 6.07) is 10.8. The molecule has 3 rings (SSSR count). The van der Waals surface area contributed by atoms with Crippen LogP contribution >= 0.6 is 0 Å². The highest BCUT2D eigenvalue weighted by atomic mass is 19.4. The number of carbonyl (C=O) groups excluding carboxylic acids is 1. The van der Waals surface area contributed by atoms with Crippen molar-refractivity contribution in [3.63, 3.8) is 0 Å². The molecule has 0 aliphatic rings. The number of anilines is 1. The first kappa shape index (κ1) is 18.8.